The molecule has 0 saturated heterocycles. The van der Waals surface area contributed by atoms with Gasteiger partial charge in [0, 0.05) is 26.4 Å². The molecular weight excluding hydrogens is 465 g/mol. The average molecular weight is 491 g/mol. The molecular formula is C25H26Cl3N3O. The van der Waals surface area contributed by atoms with Gasteiger partial charge in [-0.15, -0.1) is 0 Å². The molecule has 0 saturated carbocycles. The molecule has 1 atom stereocenters. The van der Waals surface area contributed by atoms with Gasteiger partial charge in [0.2, 0.25) is 0 Å². The highest BCUT2D eigenvalue weighted by Crippen LogP contribution is 2.36. The molecule has 0 bridgehead atoms. The highest BCUT2D eigenvalue weighted by molar-refractivity contribution is 6.32. The maximum atomic E-state index is 13.7. The first-order valence-electron chi connectivity index (χ1n) is 10.5. The summed E-state index contributed by atoms with van der Waals surface area (Å²) >= 11 is 18.6. The van der Waals surface area contributed by atoms with Gasteiger partial charge >= 0.3 is 6.03 Å². The average Bonchev–Trinajstić information content (AvgIpc) is 2.76. The zero-order chi connectivity index (χ0) is 23.4. The normalized spacial score (nSPS) is 11.8. The minimum absolute atomic E-state index is 0.278. The summed E-state index contributed by atoms with van der Waals surface area (Å²) in [5.41, 5.74) is 10.8. The molecule has 0 aliphatic heterocycles. The van der Waals surface area contributed by atoms with Crippen molar-refractivity contribution < 1.29 is 4.79 Å². The summed E-state index contributed by atoms with van der Waals surface area (Å²) in [5.74, 6) is 0. The fourth-order valence-electron chi connectivity index (χ4n) is 3.81. The topological polar surface area (TPSA) is 58.4 Å². The lowest BCUT2D eigenvalue weighted by Crippen LogP contribution is -2.37. The molecule has 3 rings (SSSR count). The van der Waals surface area contributed by atoms with Gasteiger partial charge in [0.25, 0.3) is 0 Å². The molecule has 0 aliphatic rings. The lowest BCUT2D eigenvalue weighted by Gasteiger charge is -2.31. The number of benzene rings is 3. The Balaban J connectivity index is 2.07. The fraction of sp³-hybridized carbons (Fsp3) is 0.240. The molecule has 0 spiro atoms. The van der Waals surface area contributed by atoms with Crippen LogP contribution in [0, 0.1) is 0 Å². The van der Waals surface area contributed by atoms with E-state index in [0.29, 0.717) is 45.0 Å². The third-order valence-electron chi connectivity index (χ3n) is 5.52. The molecule has 168 valence electrons. The molecule has 3 aromatic rings. The highest BCUT2D eigenvalue weighted by Gasteiger charge is 2.26. The molecule has 0 fully saturated rings. The quantitative estimate of drug-likeness (QED) is 0.342. The zero-order valence-corrected chi connectivity index (χ0v) is 20.5. The van der Waals surface area contributed by atoms with Gasteiger partial charge in [-0.05, 0) is 78.9 Å². The molecule has 0 aliphatic carbocycles. The van der Waals surface area contributed by atoms with E-state index in [1.54, 1.807) is 23.1 Å². The Morgan fingerprint density at radius 2 is 1.47 bits per heavy atom. The van der Waals surface area contributed by atoms with E-state index in [0.717, 1.165) is 16.7 Å². The first-order chi connectivity index (χ1) is 15.3. The van der Waals surface area contributed by atoms with Gasteiger partial charge in [-0.3, -0.25) is 4.90 Å². The Hall–Kier alpha value is -2.40. The van der Waals surface area contributed by atoms with Crippen LogP contribution in [0.5, 0.6) is 0 Å². The number of nitrogens with two attached hydrogens (primary N) is 1. The summed E-state index contributed by atoms with van der Waals surface area (Å²) in [6.07, 6.45) is 1.33. The van der Waals surface area contributed by atoms with E-state index in [4.69, 9.17) is 40.5 Å². The van der Waals surface area contributed by atoms with E-state index in [2.05, 4.69) is 5.32 Å². The Bertz CT molecular complexity index is 1070. The number of carbonyl (C=O) groups is 1. The summed E-state index contributed by atoms with van der Waals surface area (Å²) < 4.78 is 0. The Morgan fingerprint density at radius 1 is 0.938 bits per heavy atom. The standard InChI is InChI=1S/C25H26Cl3N3O/c1-4-20-22(28)14-23(29)21(5-2)24(20)30-25(32)31(19-12-10-18(27)11-13-19)15(3)16-6-8-17(26)9-7-16/h6-15H,4-5,29H2,1-3H3,(H,30,32). The molecule has 3 N–H and O–H groups in total. The molecule has 2 amide bonds. The van der Waals surface area contributed by atoms with Gasteiger partial charge in [0.1, 0.15) is 0 Å². The van der Waals surface area contributed by atoms with Crippen molar-refractivity contribution in [3.8, 4) is 0 Å². The van der Waals surface area contributed by atoms with E-state index >= 15 is 0 Å². The van der Waals surface area contributed by atoms with Crippen LogP contribution in [0.15, 0.2) is 54.6 Å². The van der Waals surface area contributed by atoms with Crippen molar-refractivity contribution >= 4 is 57.9 Å². The number of amides is 2. The monoisotopic (exact) mass is 489 g/mol. The second-order valence-electron chi connectivity index (χ2n) is 7.49. The van der Waals surface area contributed by atoms with Crippen molar-refractivity contribution in [2.45, 2.75) is 39.7 Å². The summed E-state index contributed by atoms with van der Waals surface area (Å²) in [5, 5.41) is 4.88. The molecule has 7 heteroatoms. The number of hydrogen-bond acceptors (Lipinski definition) is 2. The number of urea groups is 1. The lowest BCUT2D eigenvalue weighted by atomic mass is 10.0. The van der Waals surface area contributed by atoms with Crippen molar-refractivity contribution in [1.29, 1.82) is 0 Å². The van der Waals surface area contributed by atoms with Crippen LogP contribution in [0.2, 0.25) is 15.1 Å². The third kappa shape index (κ3) is 5.15. The van der Waals surface area contributed by atoms with Crippen LogP contribution < -0.4 is 16.0 Å². The molecule has 1 unspecified atom stereocenters. The van der Waals surface area contributed by atoms with E-state index in [1.165, 1.54) is 0 Å². The van der Waals surface area contributed by atoms with Crippen LogP contribution >= 0.6 is 34.8 Å². The minimum Gasteiger partial charge on any atom is -0.398 e. The second kappa shape index (κ2) is 10.5. The van der Waals surface area contributed by atoms with Gasteiger partial charge in [-0.2, -0.15) is 0 Å². The summed E-state index contributed by atoms with van der Waals surface area (Å²) in [4.78, 5) is 15.4. The Kier molecular flexibility index (Phi) is 7.94. The molecule has 0 aromatic heterocycles. The lowest BCUT2D eigenvalue weighted by molar-refractivity contribution is 0.255. The highest BCUT2D eigenvalue weighted by atomic mass is 35.5. The Labute approximate surface area is 204 Å². The van der Waals surface area contributed by atoms with Crippen molar-refractivity contribution in [2.24, 2.45) is 0 Å². The van der Waals surface area contributed by atoms with Crippen LogP contribution in [0.25, 0.3) is 0 Å². The third-order valence-corrected chi connectivity index (χ3v) is 6.37. The van der Waals surface area contributed by atoms with Crippen LogP contribution in [-0.4, -0.2) is 6.03 Å². The van der Waals surface area contributed by atoms with Gasteiger partial charge in [0.05, 0.1) is 11.7 Å². The van der Waals surface area contributed by atoms with E-state index in [9.17, 15) is 4.79 Å². The van der Waals surface area contributed by atoms with Crippen LogP contribution in [-0.2, 0) is 12.8 Å². The number of halogens is 3. The van der Waals surface area contributed by atoms with Crippen LogP contribution in [0.4, 0.5) is 21.9 Å². The predicted molar refractivity (Wildman–Crippen MR) is 137 cm³/mol. The summed E-state index contributed by atoms with van der Waals surface area (Å²) in [6.45, 7) is 5.97. The van der Waals surface area contributed by atoms with Crippen molar-refractivity contribution in [2.75, 3.05) is 16.0 Å². The molecule has 0 heterocycles. The maximum Gasteiger partial charge on any atom is 0.326 e. The number of rotatable bonds is 6. The van der Waals surface area contributed by atoms with Crippen molar-refractivity contribution in [3.05, 3.63) is 86.4 Å². The Morgan fingerprint density at radius 3 is 2.00 bits per heavy atom. The van der Waals surface area contributed by atoms with Gasteiger partial charge in [-0.25, -0.2) is 4.79 Å². The predicted octanol–water partition coefficient (Wildman–Crippen LogP) is 8.15. The van der Waals surface area contributed by atoms with E-state index < -0.39 is 0 Å². The number of carbonyl (C=O) groups excluding carboxylic acids is 1. The van der Waals surface area contributed by atoms with Gasteiger partial charge in [-0.1, -0.05) is 60.8 Å². The first-order valence-corrected chi connectivity index (χ1v) is 11.6. The molecule has 0 radical (unpaired) electrons. The summed E-state index contributed by atoms with van der Waals surface area (Å²) in [7, 11) is 0. The molecule has 4 nitrogen and oxygen atoms in total. The number of anilines is 3. The van der Waals surface area contributed by atoms with Gasteiger partial charge < -0.3 is 11.1 Å². The zero-order valence-electron chi connectivity index (χ0n) is 18.3. The number of nitrogens with one attached hydrogen (secondary N) is 1. The smallest absolute Gasteiger partial charge is 0.326 e. The largest absolute Gasteiger partial charge is 0.398 e. The second-order valence-corrected chi connectivity index (χ2v) is 8.77. The maximum absolute atomic E-state index is 13.7. The minimum atomic E-state index is -0.291. The van der Waals surface area contributed by atoms with E-state index in [-0.39, 0.29) is 12.1 Å². The van der Waals surface area contributed by atoms with Crippen molar-refractivity contribution in [3.63, 3.8) is 0 Å². The van der Waals surface area contributed by atoms with E-state index in [1.807, 2.05) is 57.2 Å². The molecule has 3 aromatic carbocycles. The number of nitrogen functional groups attached to an aromatic ring is 1. The number of hydrogen-bond donors (Lipinski definition) is 2. The van der Waals surface area contributed by atoms with Crippen molar-refractivity contribution in [1.82, 2.24) is 0 Å². The van der Waals surface area contributed by atoms with Crippen LogP contribution in [0.3, 0.4) is 0 Å². The molecule has 32 heavy (non-hydrogen) atoms. The SMILES string of the molecule is CCc1c(N)cc(Cl)c(CC)c1NC(=O)N(c1ccc(Cl)cc1)C(C)c1ccc(Cl)cc1. The first kappa shape index (κ1) is 24.2. The van der Waals surface area contributed by atoms with Crippen LogP contribution in [0.1, 0.15) is 43.5 Å². The summed E-state index contributed by atoms with van der Waals surface area (Å²) in [6, 6.07) is 15.8. The fourth-order valence-corrected chi connectivity index (χ4v) is 4.41. The number of nitrogens with zero attached hydrogens (tertiary/aromatic N) is 1. The van der Waals surface area contributed by atoms with Gasteiger partial charge in [0.15, 0.2) is 0 Å².